The first kappa shape index (κ1) is 21.3. The summed E-state index contributed by atoms with van der Waals surface area (Å²) in [5, 5.41) is -0.00347. The number of nitrogens with two attached hydrogens (primary N) is 1. The van der Waals surface area contributed by atoms with Crippen LogP contribution < -0.4 is 64.8 Å². The van der Waals surface area contributed by atoms with E-state index in [0.29, 0.717) is 0 Å². The van der Waals surface area contributed by atoms with Crippen molar-refractivity contribution in [3.63, 3.8) is 0 Å². The van der Waals surface area contributed by atoms with Gasteiger partial charge in [-0.3, -0.25) is 0 Å². The SMILES string of the molecule is Nc1c(S(=O)(=O)[O-])ccc2c(S(=O)(=O)[O-])cccc12.[Na+].[Na+]. The number of hydrogen-bond donors (Lipinski definition) is 1. The molecule has 0 fully saturated rings. The summed E-state index contributed by atoms with van der Waals surface area (Å²) >= 11 is 0. The van der Waals surface area contributed by atoms with Gasteiger partial charge in [0.05, 0.1) is 15.5 Å². The molecule has 0 spiro atoms. The third-order valence-electron chi connectivity index (χ3n) is 2.56. The molecule has 0 radical (unpaired) electrons. The van der Waals surface area contributed by atoms with Gasteiger partial charge in [-0.2, -0.15) is 0 Å². The second-order valence-electron chi connectivity index (χ2n) is 3.74. The smallest absolute Gasteiger partial charge is 0.744 e. The standard InChI is InChI=1S/C10H9NO6S2.2Na/c11-10-7-2-1-3-8(18(12,13)14)6(7)4-5-9(10)19(15,16)17;;/h1-5H,11H2,(H,12,13,14)(H,15,16,17);;/q;2*+1/p-2. The quantitative estimate of drug-likeness (QED) is 0.324. The van der Waals surface area contributed by atoms with E-state index in [4.69, 9.17) is 5.73 Å². The molecule has 0 aliphatic carbocycles. The van der Waals surface area contributed by atoms with E-state index >= 15 is 0 Å². The Bertz CT molecular complexity index is 880. The van der Waals surface area contributed by atoms with Gasteiger partial charge < -0.3 is 14.8 Å². The fraction of sp³-hybridized carbons (Fsp3) is 0. The molecule has 0 aliphatic rings. The maximum absolute atomic E-state index is 11.1. The van der Waals surface area contributed by atoms with Crippen molar-refractivity contribution in [3.05, 3.63) is 30.3 Å². The molecular formula is C10H7NNa2O6S2. The zero-order valence-corrected chi connectivity index (χ0v) is 16.9. The molecule has 0 unspecified atom stereocenters. The first-order valence-corrected chi connectivity index (χ1v) is 7.67. The molecule has 2 rings (SSSR count). The monoisotopic (exact) mass is 347 g/mol. The average molecular weight is 347 g/mol. The molecule has 0 saturated carbocycles. The second kappa shape index (κ2) is 7.26. The largest absolute Gasteiger partial charge is 1.00 e. The van der Waals surface area contributed by atoms with Crippen molar-refractivity contribution < 1.29 is 85.1 Å². The third-order valence-corrected chi connectivity index (χ3v) is 4.35. The molecule has 7 nitrogen and oxygen atoms in total. The molecule has 0 heterocycles. The predicted molar refractivity (Wildman–Crippen MR) is 64.3 cm³/mol. The number of hydrogen-bond acceptors (Lipinski definition) is 7. The predicted octanol–water partition coefficient (Wildman–Crippen LogP) is -5.76. The number of rotatable bonds is 2. The van der Waals surface area contributed by atoms with Crippen LogP contribution in [0.4, 0.5) is 5.69 Å². The van der Waals surface area contributed by atoms with Gasteiger partial charge in [0.1, 0.15) is 20.2 Å². The molecule has 0 amide bonds. The Morgan fingerprint density at radius 3 is 1.76 bits per heavy atom. The Labute approximate surface area is 166 Å². The van der Waals surface area contributed by atoms with Crippen LogP contribution in [0.15, 0.2) is 40.1 Å². The molecule has 2 N–H and O–H groups in total. The van der Waals surface area contributed by atoms with Crippen LogP contribution in [-0.2, 0) is 20.2 Å². The Kier molecular flexibility index (Phi) is 7.37. The van der Waals surface area contributed by atoms with E-state index in [-0.39, 0.29) is 75.6 Å². The molecule has 2 aromatic carbocycles. The van der Waals surface area contributed by atoms with E-state index in [1.807, 2.05) is 0 Å². The first-order chi connectivity index (χ1) is 8.62. The van der Waals surface area contributed by atoms with Crippen LogP contribution in [0, 0.1) is 0 Å². The van der Waals surface area contributed by atoms with Gasteiger partial charge in [0.25, 0.3) is 0 Å². The van der Waals surface area contributed by atoms with Crippen LogP contribution in [-0.4, -0.2) is 25.9 Å². The summed E-state index contributed by atoms with van der Waals surface area (Å²) in [5.74, 6) is 0. The van der Waals surface area contributed by atoms with Crippen molar-refractivity contribution in [3.8, 4) is 0 Å². The maximum atomic E-state index is 11.1. The van der Waals surface area contributed by atoms with Gasteiger partial charge in [-0.25, -0.2) is 16.8 Å². The van der Waals surface area contributed by atoms with Crippen molar-refractivity contribution in [1.82, 2.24) is 0 Å². The second-order valence-corrected chi connectivity index (χ2v) is 6.43. The molecular weight excluding hydrogens is 340 g/mol. The minimum Gasteiger partial charge on any atom is -0.744 e. The van der Waals surface area contributed by atoms with E-state index in [0.717, 1.165) is 18.2 Å². The van der Waals surface area contributed by atoms with Crippen molar-refractivity contribution in [2.45, 2.75) is 9.79 Å². The van der Waals surface area contributed by atoms with Crippen molar-refractivity contribution >= 4 is 36.7 Å². The van der Waals surface area contributed by atoms with Gasteiger partial charge in [0, 0.05) is 10.8 Å². The average Bonchev–Trinajstić information content (AvgIpc) is 2.26. The molecule has 102 valence electrons. The van der Waals surface area contributed by atoms with Crippen LogP contribution in [0.3, 0.4) is 0 Å². The number of anilines is 1. The fourth-order valence-electron chi connectivity index (χ4n) is 1.77. The summed E-state index contributed by atoms with van der Waals surface area (Å²) in [6.45, 7) is 0. The molecule has 0 aromatic heterocycles. The molecule has 2 aromatic rings. The van der Waals surface area contributed by atoms with Gasteiger partial charge in [-0.1, -0.05) is 18.2 Å². The molecule has 0 aliphatic heterocycles. The molecule has 21 heavy (non-hydrogen) atoms. The van der Waals surface area contributed by atoms with E-state index in [1.54, 1.807) is 0 Å². The zero-order chi connectivity index (χ0) is 14.4. The topological polar surface area (TPSA) is 140 Å². The third kappa shape index (κ3) is 4.41. The molecule has 0 saturated heterocycles. The van der Waals surface area contributed by atoms with E-state index in [9.17, 15) is 25.9 Å². The van der Waals surface area contributed by atoms with Gasteiger partial charge in [0.15, 0.2) is 0 Å². The van der Waals surface area contributed by atoms with Crippen molar-refractivity contribution in [2.75, 3.05) is 5.73 Å². The summed E-state index contributed by atoms with van der Waals surface area (Å²) in [4.78, 5) is -1.17. The number of fused-ring (bicyclic) bond motifs is 1. The molecule has 0 atom stereocenters. The van der Waals surface area contributed by atoms with Gasteiger partial charge >= 0.3 is 59.1 Å². The summed E-state index contributed by atoms with van der Waals surface area (Å²) in [6.07, 6.45) is 0. The Balaban J connectivity index is 0.00000200. The fourth-order valence-corrected chi connectivity index (χ4v) is 3.07. The van der Waals surface area contributed by atoms with Gasteiger partial charge in [-0.05, 0) is 12.1 Å². The minimum atomic E-state index is -4.78. The van der Waals surface area contributed by atoms with Gasteiger partial charge in [0.2, 0.25) is 0 Å². The maximum Gasteiger partial charge on any atom is 1.00 e. The number of nitrogen functional groups attached to an aromatic ring is 1. The van der Waals surface area contributed by atoms with E-state index in [1.165, 1.54) is 12.1 Å². The van der Waals surface area contributed by atoms with Crippen molar-refractivity contribution in [2.24, 2.45) is 0 Å². The van der Waals surface area contributed by atoms with Crippen LogP contribution in [0.25, 0.3) is 10.8 Å². The Hall–Kier alpha value is 0.320. The molecule has 0 bridgehead atoms. The number of benzene rings is 2. The van der Waals surface area contributed by atoms with Crippen LogP contribution >= 0.6 is 0 Å². The van der Waals surface area contributed by atoms with Crippen LogP contribution in [0.2, 0.25) is 0 Å². The minimum absolute atomic E-state index is 0. The van der Waals surface area contributed by atoms with Crippen LogP contribution in [0.1, 0.15) is 0 Å². The van der Waals surface area contributed by atoms with Gasteiger partial charge in [-0.15, -0.1) is 0 Å². The zero-order valence-electron chi connectivity index (χ0n) is 11.2. The van der Waals surface area contributed by atoms with E-state index < -0.39 is 30.0 Å². The summed E-state index contributed by atoms with van der Waals surface area (Å²) < 4.78 is 66.1. The van der Waals surface area contributed by atoms with E-state index in [2.05, 4.69) is 0 Å². The van der Waals surface area contributed by atoms with Crippen LogP contribution in [0.5, 0.6) is 0 Å². The summed E-state index contributed by atoms with van der Waals surface area (Å²) in [7, 11) is -9.50. The van der Waals surface area contributed by atoms with Crippen molar-refractivity contribution in [1.29, 1.82) is 0 Å². The normalized spacial score (nSPS) is 11.5. The Morgan fingerprint density at radius 2 is 1.29 bits per heavy atom. The first-order valence-electron chi connectivity index (χ1n) is 4.85. The summed E-state index contributed by atoms with van der Waals surface area (Å²) in [6, 6.07) is 5.60. The Morgan fingerprint density at radius 1 is 0.762 bits per heavy atom. The molecule has 11 heteroatoms. The summed E-state index contributed by atoms with van der Waals surface area (Å²) in [5.41, 5.74) is 5.16.